The van der Waals surface area contributed by atoms with Crippen LogP contribution in [0, 0.1) is 5.92 Å². The summed E-state index contributed by atoms with van der Waals surface area (Å²) < 4.78 is 10.9. The molecule has 0 aliphatic heterocycles. The fourth-order valence-corrected chi connectivity index (χ4v) is 1.84. The molecule has 1 rings (SSSR count). The van der Waals surface area contributed by atoms with E-state index in [0.717, 1.165) is 17.7 Å². The van der Waals surface area contributed by atoms with Crippen molar-refractivity contribution in [2.75, 3.05) is 13.2 Å². The molecule has 2 N–H and O–H groups in total. The monoisotopic (exact) mass is 323 g/mol. The van der Waals surface area contributed by atoms with E-state index in [-0.39, 0.29) is 6.61 Å². The van der Waals surface area contributed by atoms with E-state index in [0.29, 0.717) is 12.5 Å². The Hall–Kier alpha value is -1.75. The first-order chi connectivity index (χ1) is 10.7. The molecule has 0 spiro atoms. The van der Waals surface area contributed by atoms with Crippen molar-refractivity contribution >= 4 is 6.09 Å². The number of amides is 1. The summed E-state index contributed by atoms with van der Waals surface area (Å²) in [7, 11) is 0. The number of aliphatic hydroxyl groups excluding tert-OH is 1. The number of hydrogen-bond acceptors (Lipinski definition) is 4. The average Bonchev–Trinajstić information content (AvgIpc) is 2.49. The van der Waals surface area contributed by atoms with E-state index in [1.165, 1.54) is 0 Å². The number of benzene rings is 1. The predicted octanol–water partition coefficient (Wildman–Crippen LogP) is 3.67. The molecule has 5 heteroatoms. The lowest BCUT2D eigenvalue weighted by Gasteiger charge is -2.23. The number of alkyl carbamates (subject to hydrolysis) is 1. The molecule has 1 unspecified atom stereocenters. The van der Waals surface area contributed by atoms with Crippen LogP contribution in [-0.2, 0) is 4.74 Å². The minimum Gasteiger partial charge on any atom is -0.493 e. The van der Waals surface area contributed by atoms with Crippen LogP contribution in [0.25, 0.3) is 0 Å². The Morgan fingerprint density at radius 3 is 2.35 bits per heavy atom. The Balaban J connectivity index is 2.63. The van der Waals surface area contributed by atoms with Gasteiger partial charge in [0.2, 0.25) is 0 Å². The molecule has 0 radical (unpaired) electrons. The van der Waals surface area contributed by atoms with Crippen molar-refractivity contribution in [2.24, 2.45) is 5.92 Å². The fourth-order valence-electron chi connectivity index (χ4n) is 1.84. The van der Waals surface area contributed by atoms with Crippen molar-refractivity contribution in [1.82, 2.24) is 5.32 Å². The van der Waals surface area contributed by atoms with Crippen LogP contribution >= 0.6 is 0 Å². The largest absolute Gasteiger partial charge is 0.493 e. The molecule has 0 aromatic heterocycles. The minimum atomic E-state index is -0.572. The summed E-state index contributed by atoms with van der Waals surface area (Å²) in [4.78, 5) is 11.8. The Morgan fingerprint density at radius 1 is 1.26 bits per heavy atom. The van der Waals surface area contributed by atoms with Crippen LogP contribution in [-0.4, -0.2) is 30.0 Å². The predicted molar refractivity (Wildman–Crippen MR) is 90.6 cm³/mol. The molecule has 0 saturated heterocycles. The van der Waals surface area contributed by atoms with E-state index in [1.54, 1.807) is 20.8 Å². The smallest absolute Gasteiger partial charge is 0.408 e. The number of carbonyl (C=O) groups is 1. The van der Waals surface area contributed by atoms with Crippen molar-refractivity contribution in [1.29, 1.82) is 0 Å². The maximum absolute atomic E-state index is 11.8. The first-order valence-electron chi connectivity index (χ1n) is 8.08. The summed E-state index contributed by atoms with van der Waals surface area (Å²) in [5, 5.41) is 12.2. The minimum absolute atomic E-state index is 0.202. The summed E-state index contributed by atoms with van der Waals surface area (Å²) in [6.07, 6.45) is 0.526. The molecule has 5 nitrogen and oxygen atoms in total. The van der Waals surface area contributed by atoms with Gasteiger partial charge in [-0.15, -0.1) is 0 Å². The molecule has 1 aromatic carbocycles. The van der Waals surface area contributed by atoms with Gasteiger partial charge in [-0.2, -0.15) is 0 Å². The fraction of sp³-hybridized carbons (Fsp3) is 0.611. The molecule has 23 heavy (non-hydrogen) atoms. The molecule has 130 valence electrons. The summed E-state index contributed by atoms with van der Waals surface area (Å²) in [5.41, 5.74) is 0.229. The average molecular weight is 323 g/mol. The van der Waals surface area contributed by atoms with Gasteiger partial charge in [-0.25, -0.2) is 4.79 Å². The second-order valence-electron chi connectivity index (χ2n) is 6.77. The molecule has 0 bridgehead atoms. The van der Waals surface area contributed by atoms with Crippen molar-refractivity contribution in [2.45, 2.75) is 52.7 Å². The second-order valence-corrected chi connectivity index (χ2v) is 6.77. The van der Waals surface area contributed by atoms with Gasteiger partial charge in [-0.05, 0) is 44.4 Å². The van der Waals surface area contributed by atoms with E-state index in [1.807, 2.05) is 24.3 Å². The molecule has 1 aromatic rings. The molecular weight excluding hydrogens is 294 g/mol. The summed E-state index contributed by atoms with van der Waals surface area (Å²) >= 11 is 0. The van der Waals surface area contributed by atoms with Gasteiger partial charge < -0.3 is 19.9 Å². The molecule has 0 aliphatic carbocycles. The van der Waals surface area contributed by atoms with Gasteiger partial charge in [-0.1, -0.05) is 32.4 Å². The van der Waals surface area contributed by atoms with Crippen LogP contribution in [0.5, 0.6) is 5.75 Å². The number of aliphatic hydroxyl groups is 1. The Morgan fingerprint density at radius 2 is 1.87 bits per heavy atom. The number of hydrogen-bond donors (Lipinski definition) is 2. The zero-order valence-electron chi connectivity index (χ0n) is 14.8. The van der Waals surface area contributed by atoms with Crippen LogP contribution in [0.3, 0.4) is 0 Å². The van der Waals surface area contributed by atoms with Crippen molar-refractivity contribution in [3.63, 3.8) is 0 Å². The van der Waals surface area contributed by atoms with Crippen molar-refractivity contribution in [3.8, 4) is 5.75 Å². The number of ether oxygens (including phenoxy) is 2. The number of rotatable bonds is 7. The molecule has 0 saturated carbocycles. The molecule has 0 aliphatic rings. The van der Waals surface area contributed by atoms with Crippen molar-refractivity contribution < 1.29 is 19.4 Å². The Kier molecular flexibility index (Phi) is 7.36. The van der Waals surface area contributed by atoms with Gasteiger partial charge in [-0.3, -0.25) is 0 Å². The third-order valence-corrected chi connectivity index (χ3v) is 3.39. The van der Waals surface area contributed by atoms with Gasteiger partial charge in [0.1, 0.15) is 11.4 Å². The van der Waals surface area contributed by atoms with Crippen LogP contribution in [0.15, 0.2) is 24.3 Å². The quantitative estimate of drug-likeness (QED) is 0.803. The van der Waals surface area contributed by atoms with E-state index in [9.17, 15) is 9.90 Å². The van der Waals surface area contributed by atoms with Crippen LogP contribution < -0.4 is 10.1 Å². The molecule has 2 atom stereocenters. The van der Waals surface area contributed by atoms with Gasteiger partial charge in [0.25, 0.3) is 0 Å². The third kappa shape index (κ3) is 7.37. The first-order valence-corrected chi connectivity index (χ1v) is 8.08. The van der Waals surface area contributed by atoms with Crippen molar-refractivity contribution in [3.05, 3.63) is 29.8 Å². The molecule has 1 amide bonds. The molecule has 0 heterocycles. The van der Waals surface area contributed by atoms with Gasteiger partial charge in [0.05, 0.1) is 19.3 Å². The summed E-state index contributed by atoms with van der Waals surface area (Å²) in [6, 6.07) is 6.86. The number of nitrogens with one attached hydrogen (secondary N) is 1. The highest BCUT2D eigenvalue weighted by atomic mass is 16.6. The lowest BCUT2D eigenvalue weighted by atomic mass is 10.1. The van der Waals surface area contributed by atoms with E-state index in [4.69, 9.17) is 9.47 Å². The highest BCUT2D eigenvalue weighted by Gasteiger charge is 2.20. The van der Waals surface area contributed by atoms with E-state index >= 15 is 0 Å². The van der Waals surface area contributed by atoms with Crippen LogP contribution in [0.4, 0.5) is 4.79 Å². The van der Waals surface area contributed by atoms with Crippen LogP contribution in [0.2, 0.25) is 0 Å². The van der Waals surface area contributed by atoms with E-state index in [2.05, 4.69) is 19.2 Å². The zero-order valence-corrected chi connectivity index (χ0v) is 14.8. The highest BCUT2D eigenvalue weighted by molar-refractivity contribution is 5.68. The Bertz CT molecular complexity index is 479. The maximum Gasteiger partial charge on any atom is 0.408 e. The first kappa shape index (κ1) is 19.3. The van der Waals surface area contributed by atoms with Gasteiger partial charge in [0.15, 0.2) is 0 Å². The zero-order chi connectivity index (χ0) is 17.5. The SMILES string of the molecule is CC[C@H](C)COc1ccc(C(CO)NC(=O)OC(C)(C)C)cc1. The third-order valence-electron chi connectivity index (χ3n) is 3.39. The Labute approximate surface area is 139 Å². The molecular formula is C18H29NO4. The standard InChI is InChI=1S/C18H29NO4/c1-6-13(2)12-22-15-9-7-14(8-10-15)16(11-20)19-17(21)23-18(3,4)5/h7-10,13,16,20H,6,11-12H2,1-5H3,(H,19,21)/t13-,16?/m0/s1. The normalized spacial score (nSPS) is 14.0. The topological polar surface area (TPSA) is 67.8 Å². The van der Waals surface area contributed by atoms with Gasteiger partial charge >= 0.3 is 6.09 Å². The highest BCUT2D eigenvalue weighted by Crippen LogP contribution is 2.19. The summed E-state index contributed by atoms with van der Waals surface area (Å²) in [5.74, 6) is 1.29. The lowest BCUT2D eigenvalue weighted by molar-refractivity contribution is 0.0482. The van der Waals surface area contributed by atoms with Crippen LogP contribution in [0.1, 0.15) is 52.6 Å². The van der Waals surface area contributed by atoms with E-state index < -0.39 is 17.7 Å². The summed E-state index contributed by atoms with van der Waals surface area (Å²) in [6.45, 7) is 10.1. The maximum atomic E-state index is 11.8. The number of carbonyl (C=O) groups excluding carboxylic acids is 1. The van der Waals surface area contributed by atoms with Gasteiger partial charge in [0, 0.05) is 0 Å². The lowest BCUT2D eigenvalue weighted by Crippen LogP contribution is -2.36. The molecule has 0 fully saturated rings. The second kappa shape index (κ2) is 8.77.